The van der Waals surface area contributed by atoms with Crippen molar-refractivity contribution < 1.29 is 19.2 Å². The second-order valence-electron chi connectivity index (χ2n) is 5.04. The highest BCUT2D eigenvalue weighted by Crippen LogP contribution is 2.32. The van der Waals surface area contributed by atoms with Crippen molar-refractivity contribution in [3.63, 3.8) is 0 Å². The van der Waals surface area contributed by atoms with E-state index in [9.17, 15) is 9.59 Å². The van der Waals surface area contributed by atoms with Crippen LogP contribution in [0.4, 0.5) is 9.59 Å². The normalized spacial score (nSPS) is 9.92. The predicted molar refractivity (Wildman–Crippen MR) is 90.0 cm³/mol. The van der Waals surface area contributed by atoms with Crippen LogP contribution >= 0.6 is 0 Å². The van der Waals surface area contributed by atoms with Gasteiger partial charge in [-0.2, -0.15) is 0 Å². The predicted octanol–water partition coefficient (Wildman–Crippen LogP) is 3.58. The Morgan fingerprint density at radius 2 is 1.71 bits per heavy atom. The molecule has 0 aliphatic heterocycles. The topological polar surface area (TPSA) is 67.9 Å². The van der Waals surface area contributed by atoms with Crippen molar-refractivity contribution in [3.8, 4) is 11.1 Å². The first kappa shape index (κ1) is 17.3. The maximum Gasteiger partial charge on any atom is 0.440 e. The van der Waals surface area contributed by atoms with E-state index in [-0.39, 0.29) is 0 Å². The number of ether oxygens (including phenoxy) is 1. The van der Waals surface area contributed by atoms with Crippen LogP contribution < -0.4 is 5.48 Å². The van der Waals surface area contributed by atoms with E-state index in [0.29, 0.717) is 13.1 Å². The third kappa shape index (κ3) is 5.31. The van der Waals surface area contributed by atoms with E-state index in [4.69, 9.17) is 0 Å². The number of methoxy groups -OCH3 is 1. The van der Waals surface area contributed by atoms with Crippen LogP contribution in [0.1, 0.15) is 12.5 Å². The fourth-order valence-corrected chi connectivity index (χ4v) is 1.98. The van der Waals surface area contributed by atoms with Crippen LogP contribution in [0.25, 0.3) is 11.1 Å². The molecule has 0 saturated carbocycles. The lowest BCUT2D eigenvalue weighted by atomic mass is 10.2. The minimum atomic E-state index is -0.820. The number of carbonyl (C=O) groups is 2. The Hall–Kier alpha value is -3.02. The molecule has 1 N–H and O–H groups in total. The molecule has 0 spiro atoms. The van der Waals surface area contributed by atoms with Crippen LogP contribution in [0, 0.1) is 0 Å². The number of hydroxylamine groups is 1. The molecule has 126 valence electrons. The minimum absolute atomic E-state index is 0.416. The summed E-state index contributed by atoms with van der Waals surface area (Å²) in [7, 11) is 1.19. The molecule has 1 aromatic carbocycles. The first-order chi connectivity index (χ1) is 11.6. The number of carbonyl (C=O) groups excluding carboxylic acids is 2. The fraction of sp³-hybridized carbons (Fsp3) is 0.222. The first-order valence-electron chi connectivity index (χ1n) is 7.58. The van der Waals surface area contributed by atoms with Gasteiger partial charge in [0, 0.05) is 13.1 Å². The number of amides is 2. The highest BCUT2D eigenvalue weighted by Gasteiger charge is 2.15. The number of hydrogen-bond acceptors (Lipinski definition) is 4. The zero-order valence-corrected chi connectivity index (χ0v) is 13.7. The van der Waals surface area contributed by atoms with Gasteiger partial charge >= 0.3 is 12.2 Å². The summed E-state index contributed by atoms with van der Waals surface area (Å²) in [4.78, 5) is 28.4. The summed E-state index contributed by atoms with van der Waals surface area (Å²) < 4.78 is 4.29. The lowest BCUT2D eigenvalue weighted by Crippen LogP contribution is -2.36. The second-order valence-corrected chi connectivity index (χ2v) is 5.04. The van der Waals surface area contributed by atoms with E-state index in [1.165, 1.54) is 23.1 Å². The van der Waals surface area contributed by atoms with Crippen LogP contribution in [0.5, 0.6) is 0 Å². The number of benzene rings is 2. The lowest BCUT2D eigenvalue weighted by Gasteiger charge is -2.19. The van der Waals surface area contributed by atoms with E-state index in [0.717, 1.165) is 5.56 Å². The number of nitrogens with zero attached hydrogens (tertiary/aromatic N) is 1. The SMILES string of the molecule is CCN(Cc1ccccc1)C(=O)ONC(=O)OC.c1cc2cc-2c1. The monoisotopic (exact) mass is 328 g/mol. The number of rotatable bonds is 3. The third-order valence-corrected chi connectivity index (χ3v) is 3.38. The summed E-state index contributed by atoms with van der Waals surface area (Å²) in [6.07, 6.45) is -1.45. The quantitative estimate of drug-likeness (QED) is 0.746. The maximum atomic E-state index is 11.6. The zero-order valence-electron chi connectivity index (χ0n) is 13.7. The molecule has 0 aromatic heterocycles. The Morgan fingerprint density at radius 1 is 1.04 bits per heavy atom. The van der Waals surface area contributed by atoms with Gasteiger partial charge in [0.2, 0.25) is 0 Å². The van der Waals surface area contributed by atoms with E-state index < -0.39 is 12.2 Å². The maximum absolute atomic E-state index is 11.6. The molecule has 2 aliphatic rings. The van der Waals surface area contributed by atoms with Crippen LogP contribution in [-0.4, -0.2) is 30.7 Å². The van der Waals surface area contributed by atoms with Gasteiger partial charge in [-0.1, -0.05) is 48.5 Å². The van der Waals surface area contributed by atoms with Crippen molar-refractivity contribution in [2.45, 2.75) is 13.5 Å². The molecule has 2 aliphatic carbocycles. The van der Waals surface area contributed by atoms with Gasteiger partial charge in [-0.15, -0.1) is 5.48 Å². The summed E-state index contributed by atoms with van der Waals surface area (Å²) in [5.74, 6) is 0. The highest BCUT2D eigenvalue weighted by atomic mass is 16.7. The Balaban J connectivity index is 0.000000282. The largest absolute Gasteiger partial charge is 0.451 e. The van der Waals surface area contributed by atoms with Crippen LogP contribution in [0.2, 0.25) is 0 Å². The molecule has 0 atom stereocenters. The number of hydrogen-bond donors (Lipinski definition) is 1. The van der Waals surface area contributed by atoms with Gasteiger partial charge in [0.25, 0.3) is 0 Å². The Bertz CT molecular complexity index is 671. The average molecular weight is 328 g/mol. The molecule has 0 heterocycles. The molecule has 0 radical (unpaired) electrons. The lowest BCUT2D eigenvalue weighted by molar-refractivity contribution is 0.0476. The molecule has 0 saturated heterocycles. The van der Waals surface area contributed by atoms with E-state index in [1.54, 1.807) is 0 Å². The first-order valence-corrected chi connectivity index (χ1v) is 7.58. The standard InChI is InChI=1S/C12H16N2O4.C6H4/c1-3-14(9-10-7-5-4-6-8-10)12(16)18-13-11(15)17-2;1-2-5-4-6(5)3-1/h4-8H,3,9H2,1-2H3,(H,13,15);1-4H. The Kier molecular flexibility index (Phi) is 6.19. The van der Waals surface area contributed by atoms with Gasteiger partial charge in [-0.05, 0) is 29.7 Å². The highest BCUT2D eigenvalue weighted by molar-refractivity contribution is 5.80. The van der Waals surface area contributed by atoms with E-state index in [2.05, 4.69) is 33.8 Å². The van der Waals surface area contributed by atoms with Crippen LogP contribution in [-0.2, 0) is 16.1 Å². The minimum Gasteiger partial charge on any atom is -0.451 e. The molecule has 2 amide bonds. The summed E-state index contributed by atoms with van der Waals surface area (Å²) in [6, 6.07) is 18.0. The molecule has 24 heavy (non-hydrogen) atoms. The summed E-state index contributed by atoms with van der Waals surface area (Å²) in [5.41, 5.74) is 5.71. The Morgan fingerprint density at radius 3 is 2.17 bits per heavy atom. The average Bonchev–Trinajstić information content (AvgIpc) is 3.23. The van der Waals surface area contributed by atoms with E-state index in [1.807, 2.05) is 42.7 Å². The summed E-state index contributed by atoms with van der Waals surface area (Å²) in [5, 5.41) is 0. The second kappa shape index (κ2) is 8.57. The molecule has 3 rings (SSSR count). The molecule has 0 fully saturated rings. The summed E-state index contributed by atoms with van der Waals surface area (Å²) in [6.45, 7) is 2.71. The van der Waals surface area contributed by atoms with Crippen LogP contribution in [0.3, 0.4) is 0 Å². The molecular formula is C18H20N2O4. The van der Waals surface area contributed by atoms with Crippen molar-refractivity contribution in [1.29, 1.82) is 0 Å². The van der Waals surface area contributed by atoms with Gasteiger partial charge in [-0.25, -0.2) is 9.59 Å². The van der Waals surface area contributed by atoms with Crippen molar-refractivity contribution in [2.75, 3.05) is 13.7 Å². The summed E-state index contributed by atoms with van der Waals surface area (Å²) >= 11 is 0. The molecule has 0 unspecified atom stereocenters. The van der Waals surface area contributed by atoms with Gasteiger partial charge in [0.05, 0.1) is 7.11 Å². The van der Waals surface area contributed by atoms with Gasteiger partial charge in [0.1, 0.15) is 0 Å². The van der Waals surface area contributed by atoms with Gasteiger partial charge in [0.15, 0.2) is 0 Å². The molecule has 0 bridgehead atoms. The fourth-order valence-electron chi connectivity index (χ4n) is 1.98. The van der Waals surface area contributed by atoms with Crippen molar-refractivity contribution in [1.82, 2.24) is 10.4 Å². The number of fused-ring (bicyclic) bond motifs is 1. The van der Waals surface area contributed by atoms with Crippen molar-refractivity contribution in [3.05, 3.63) is 60.2 Å². The van der Waals surface area contributed by atoms with Gasteiger partial charge < -0.3 is 14.5 Å². The molecule has 6 heteroatoms. The van der Waals surface area contributed by atoms with Crippen molar-refractivity contribution in [2.24, 2.45) is 0 Å². The smallest absolute Gasteiger partial charge is 0.440 e. The zero-order chi connectivity index (χ0) is 17.4. The molecular weight excluding hydrogens is 308 g/mol. The third-order valence-electron chi connectivity index (χ3n) is 3.38. The van der Waals surface area contributed by atoms with Crippen molar-refractivity contribution >= 4 is 12.2 Å². The number of nitrogens with one attached hydrogen (secondary N) is 1. The van der Waals surface area contributed by atoms with E-state index >= 15 is 0 Å². The molecule has 6 nitrogen and oxygen atoms in total. The van der Waals surface area contributed by atoms with Gasteiger partial charge in [-0.3, -0.25) is 0 Å². The Labute approximate surface area is 140 Å². The molecule has 1 aromatic rings. The van der Waals surface area contributed by atoms with Crippen LogP contribution in [0.15, 0.2) is 54.6 Å².